The first-order valence-corrected chi connectivity index (χ1v) is 9.80. The second kappa shape index (κ2) is 7.69. The molecule has 1 saturated heterocycles. The van der Waals surface area contributed by atoms with Crippen LogP contribution < -0.4 is 0 Å². The monoisotopic (exact) mass is 254 g/mol. The molecule has 1 aliphatic heterocycles. The summed E-state index contributed by atoms with van der Waals surface area (Å²) in [5.74, 6) is 2.11. The molecular formula is C6H7BrO2Zn. The fourth-order valence-electron chi connectivity index (χ4n) is 0.571. The van der Waals surface area contributed by atoms with Crippen LogP contribution in [0, 0.1) is 12.3 Å². The summed E-state index contributed by atoms with van der Waals surface area (Å²) >= 11 is 4.25. The van der Waals surface area contributed by atoms with Crippen molar-refractivity contribution in [1.82, 2.24) is 0 Å². The van der Waals surface area contributed by atoms with E-state index in [2.05, 4.69) is 19.5 Å². The first-order valence-electron chi connectivity index (χ1n) is 2.85. The van der Waals surface area contributed by atoms with Gasteiger partial charge in [-0.2, -0.15) is 0 Å². The van der Waals surface area contributed by atoms with Crippen molar-refractivity contribution in [3.8, 4) is 5.92 Å². The molecule has 4 heteroatoms. The van der Waals surface area contributed by atoms with E-state index in [0.29, 0.717) is 13.2 Å². The van der Waals surface area contributed by atoms with Crippen LogP contribution in [0.3, 0.4) is 0 Å². The first kappa shape index (κ1) is 10.6. The third-order valence-corrected chi connectivity index (χ3v) is 0.945. The zero-order valence-corrected chi connectivity index (χ0v) is 10.2. The van der Waals surface area contributed by atoms with Gasteiger partial charge in [-0.25, -0.2) is 0 Å². The van der Waals surface area contributed by atoms with Crippen molar-refractivity contribution < 1.29 is 25.8 Å². The third kappa shape index (κ3) is 4.41. The molecule has 1 fully saturated rings. The van der Waals surface area contributed by atoms with Crippen LogP contribution in [0.5, 0.6) is 0 Å². The molecule has 1 heterocycles. The Balaban J connectivity index is 0.000000371. The molecule has 0 spiro atoms. The normalized spacial score (nSPS) is 18.6. The number of ether oxygens (including phenoxy) is 2. The van der Waals surface area contributed by atoms with Crippen LogP contribution in [0.2, 0.25) is 0 Å². The van der Waals surface area contributed by atoms with Gasteiger partial charge in [0.05, 0.1) is 13.2 Å². The van der Waals surface area contributed by atoms with E-state index in [0.717, 1.165) is 6.42 Å². The van der Waals surface area contributed by atoms with Crippen LogP contribution in [0.4, 0.5) is 0 Å². The van der Waals surface area contributed by atoms with E-state index in [1.165, 1.54) is 16.3 Å². The fraction of sp³-hybridized carbons (Fsp3) is 0.667. The Kier molecular flexibility index (Phi) is 8.14. The van der Waals surface area contributed by atoms with Gasteiger partial charge in [0.15, 0.2) is 6.29 Å². The van der Waals surface area contributed by atoms with Crippen molar-refractivity contribution in [2.75, 3.05) is 13.2 Å². The van der Waals surface area contributed by atoms with Gasteiger partial charge < -0.3 is 15.9 Å². The van der Waals surface area contributed by atoms with E-state index < -0.39 is 6.29 Å². The summed E-state index contributed by atoms with van der Waals surface area (Å²) in [4.78, 5) is 0. The average molecular weight is 256 g/mol. The summed E-state index contributed by atoms with van der Waals surface area (Å²) in [5, 5.41) is 0. The van der Waals surface area contributed by atoms with Crippen molar-refractivity contribution in [2.24, 2.45) is 0 Å². The Morgan fingerprint density at radius 2 is 1.90 bits per heavy atom. The molecular weight excluding hydrogens is 249 g/mol. The van der Waals surface area contributed by atoms with E-state index in [4.69, 9.17) is 15.9 Å². The Morgan fingerprint density at radius 3 is 2.20 bits per heavy atom. The van der Waals surface area contributed by atoms with Crippen LogP contribution >= 0.6 is 13.6 Å². The van der Waals surface area contributed by atoms with Gasteiger partial charge in [-0.1, -0.05) is 0 Å². The topological polar surface area (TPSA) is 18.5 Å². The molecule has 0 saturated carbocycles. The molecule has 0 aliphatic carbocycles. The van der Waals surface area contributed by atoms with E-state index in [1.54, 1.807) is 0 Å². The fourth-order valence-corrected chi connectivity index (χ4v) is 0.571. The van der Waals surface area contributed by atoms with Gasteiger partial charge in [0.2, 0.25) is 0 Å². The second-order valence-electron chi connectivity index (χ2n) is 1.57. The molecule has 0 N–H and O–H groups in total. The van der Waals surface area contributed by atoms with Gasteiger partial charge in [0, 0.05) is 0 Å². The van der Waals surface area contributed by atoms with Crippen LogP contribution in [-0.4, -0.2) is 19.5 Å². The predicted molar refractivity (Wildman–Crippen MR) is 36.4 cm³/mol. The van der Waals surface area contributed by atoms with E-state index in [9.17, 15) is 0 Å². The summed E-state index contributed by atoms with van der Waals surface area (Å²) in [6.07, 6.45) is 7.03. The summed E-state index contributed by atoms with van der Waals surface area (Å²) in [5.41, 5.74) is 0. The standard InChI is InChI=1S/C6H7O2.BrH.Zn/c1-2-6-7-4-3-5-8-6;;/h6H,3-5H2;1H;/q-1;;+2/p-1. The Hall–Kier alpha value is 0.583. The second-order valence-corrected chi connectivity index (χ2v) is 1.57. The van der Waals surface area contributed by atoms with E-state index in [1.807, 2.05) is 0 Å². The SMILES string of the molecule is [C-]#CC1OCCCO1.[Zn+][Br]. The van der Waals surface area contributed by atoms with Crippen LogP contribution in [0.25, 0.3) is 0 Å². The van der Waals surface area contributed by atoms with Gasteiger partial charge in [0.1, 0.15) is 0 Å². The number of halogens is 1. The van der Waals surface area contributed by atoms with E-state index in [-0.39, 0.29) is 0 Å². The van der Waals surface area contributed by atoms with Crippen molar-refractivity contribution in [3.05, 3.63) is 6.42 Å². The molecule has 0 bridgehead atoms. The molecule has 52 valence electrons. The van der Waals surface area contributed by atoms with Gasteiger partial charge in [-0.05, 0) is 6.42 Å². The number of hydrogen-bond acceptors (Lipinski definition) is 2. The summed E-state index contributed by atoms with van der Waals surface area (Å²) in [7, 11) is 0. The summed E-state index contributed by atoms with van der Waals surface area (Å²) in [6.45, 7) is 1.38. The Bertz CT molecular complexity index is 107. The molecule has 1 rings (SSSR count). The minimum absolute atomic E-state index is 0.497. The summed E-state index contributed by atoms with van der Waals surface area (Å²) < 4.78 is 9.81. The van der Waals surface area contributed by atoms with Gasteiger partial charge >= 0.3 is 30.0 Å². The molecule has 2 nitrogen and oxygen atoms in total. The Labute approximate surface area is 77.7 Å². The molecule has 0 aromatic heterocycles. The molecule has 10 heavy (non-hydrogen) atoms. The van der Waals surface area contributed by atoms with E-state index >= 15 is 0 Å². The van der Waals surface area contributed by atoms with Crippen LogP contribution in [-0.2, 0) is 25.8 Å². The van der Waals surface area contributed by atoms with Gasteiger partial charge in [0.25, 0.3) is 0 Å². The summed E-state index contributed by atoms with van der Waals surface area (Å²) in [6, 6.07) is 0. The maximum atomic E-state index is 6.60. The van der Waals surface area contributed by atoms with Gasteiger partial charge in [-0.15, -0.1) is 0 Å². The first-order chi connectivity index (χ1) is 4.93. The molecule has 0 unspecified atom stereocenters. The zero-order chi connectivity index (χ0) is 7.82. The molecule has 0 radical (unpaired) electrons. The van der Waals surface area contributed by atoms with Crippen molar-refractivity contribution in [1.29, 1.82) is 0 Å². The predicted octanol–water partition coefficient (Wildman–Crippen LogP) is 1.18. The minimum atomic E-state index is -0.497. The van der Waals surface area contributed by atoms with Crippen molar-refractivity contribution >= 4 is 13.6 Å². The third-order valence-electron chi connectivity index (χ3n) is 0.945. The quantitative estimate of drug-likeness (QED) is 0.368. The molecule has 0 atom stereocenters. The molecule has 0 amide bonds. The van der Waals surface area contributed by atoms with Gasteiger partial charge in [-0.3, -0.25) is 5.92 Å². The number of hydrogen-bond donors (Lipinski definition) is 0. The van der Waals surface area contributed by atoms with Crippen LogP contribution in [0.15, 0.2) is 0 Å². The molecule has 0 aromatic rings. The Morgan fingerprint density at radius 1 is 1.40 bits per heavy atom. The van der Waals surface area contributed by atoms with Crippen molar-refractivity contribution in [3.63, 3.8) is 0 Å². The van der Waals surface area contributed by atoms with Crippen LogP contribution in [0.1, 0.15) is 6.42 Å². The average Bonchev–Trinajstić information content (AvgIpc) is 2.10. The molecule has 1 aliphatic rings. The molecule has 0 aromatic carbocycles. The zero-order valence-electron chi connectivity index (χ0n) is 5.60. The van der Waals surface area contributed by atoms with Crippen molar-refractivity contribution in [2.45, 2.75) is 12.7 Å². The number of rotatable bonds is 0. The maximum absolute atomic E-state index is 6.60.